The van der Waals surface area contributed by atoms with Crippen molar-refractivity contribution >= 4 is 23.2 Å². The Kier molecular flexibility index (Phi) is 5.66. The maximum Gasteiger partial charge on any atom is 0.573 e. The minimum absolute atomic E-state index is 0.00588. The number of hydrogen-bond donors (Lipinski definition) is 1. The molecule has 3 aromatic rings. The van der Waals surface area contributed by atoms with Crippen LogP contribution < -0.4 is 10.1 Å². The second kappa shape index (κ2) is 7.90. The first-order chi connectivity index (χ1) is 13.9. The number of halogens is 7. The molecule has 1 N–H and O–H groups in total. The molecule has 0 spiro atoms. The highest BCUT2D eigenvalue weighted by Crippen LogP contribution is 2.34. The van der Waals surface area contributed by atoms with Crippen molar-refractivity contribution in [2.45, 2.75) is 12.5 Å². The van der Waals surface area contributed by atoms with E-state index in [2.05, 4.69) is 15.2 Å². The van der Waals surface area contributed by atoms with Gasteiger partial charge in [-0.05, 0) is 36.4 Å². The third-order valence-electron chi connectivity index (χ3n) is 3.68. The van der Waals surface area contributed by atoms with Gasteiger partial charge in [0.1, 0.15) is 5.75 Å². The van der Waals surface area contributed by atoms with Crippen molar-refractivity contribution in [3.8, 4) is 11.4 Å². The molecule has 1 aromatic heterocycles. The molecule has 2 aromatic carbocycles. The van der Waals surface area contributed by atoms with Gasteiger partial charge < -0.3 is 10.1 Å². The molecular formula is C18H10ClF6N3O2. The number of nitrogens with zero attached hydrogens (tertiary/aromatic N) is 2. The fourth-order valence-corrected chi connectivity index (χ4v) is 2.66. The van der Waals surface area contributed by atoms with Gasteiger partial charge in [0.15, 0.2) is 5.69 Å². The summed E-state index contributed by atoms with van der Waals surface area (Å²) in [6, 6.07) is 9.39. The third-order valence-corrected chi connectivity index (χ3v) is 3.93. The van der Waals surface area contributed by atoms with Gasteiger partial charge >= 0.3 is 12.5 Å². The van der Waals surface area contributed by atoms with Gasteiger partial charge in [-0.3, -0.25) is 4.79 Å². The van der Waals surface area contributed by atoms with Gasteiger partial charge in [0.2, 0.25) is 0 Å². The molecule has 0 radical (unpaired) electrons. The SMILES string of the molecule is O=C(Nc1cccc(OC(F)(F)F)c1)c1cnn(-c2ccc(Cl)cc2)c1C(F)(F)F. The molecule has 0 atom stereocenters. The summed E-state index contributed by atoms with van der Waals surface area (Å²) in [6.45, 7) is 0. The smallest absolute Gasteiger partial charge is 0.406 e. The highest BCUT2D eigenvalue weighted by atomic mass is 35.5. The Morgan fingerprint density at radius 3 is 2.30 bits per heavy atom. The van der Waals surface area contributed by atoms with Crippen LogP contribution in [0.2, 0.25) is 5.02 Å². The number of hydrogen-bond acceptors (Lipinski definition) is 3. The Labute approximate surface area is 169 Å². The minimum Gasteiger partial charge on any atom is -0.406 e. The quantitative estimate of drug-likeness (QED) is 0.520. The molecule has 0 bridgehead atoms. The first kappa shape index (κ1) is 21.5. The highest BCUT2D eigenvalue weighted by Gasteiger charge is 2.40. The predicted octanol–water partition coefficient (Wildman–Crippen LogP) is 5.70. The molecule has 12 heteroatoms. The van der Waals surface area contributed by atoms with Crippen LogP contribution in [0, 0.1) is 0 Å². The minimum atomic E-state index is -4.97. The number of amides is 1. The van der Waals surface area contributed by atoms with Crippen molar-refractivity contribution in [2.24, 2.45) is 0 Å². The number of carbonyl (C=O) groups is 1. The number of anilines is 1. The van der Waals surface area contributed by atoms with E-state index in [9.17, 15) is 31.1 Å². The summed E-state index contributed by atoms with van der Waals surface area (Å²) >= 11 is 5.73. The lowest BCUT2D eigenvalue weighted by Crippen LogP contribution is -2.21. The van der Waals surface area contributed by atoms with Crippen molar-refractivity contribution < 1.29 is 35.9 Å². The summed E-state index contributed by atoms with van der Waals surface area (Å²) in [5, 5.41) is 6.03. The van der Waals surface area contributed by atoms with Crippen LogP contribution in [0.4, 0.5) is 32.0 Å². The van der Waals surface area contributed by atoms with Crippen molar-refractivity contribution in [1.29, 1.82) is 0 Å². The average molecular weight is 450 g/mol. The van der Waals surface area contributed by atoms with E-state index in [1.807, 2.05) is 0 Å². The fourth-order valence-electron chi connectivity index (χ4n) is 2.53. The molecule has 5 nitrogen and oxygen atoms in total. The maximum atomic E-state index is 13.6. The van der Waals surface area contributed by atoms with E-state index in [4.69, 9.17) is 11.6 Å². The number of nitrogens with one attached hydrogen (secondary N) is 1. The van der Waals surface area contributed by atoms with Gasteiger partial charge in [-0.2, -0.15) is 18.3 Å². The molecule has 0 fully saturated rings. The Balaban J connectivity index is 1.93. The molecular weight excluding hydrogens is 440 g/mol. The monoisotopic (exact) mass is 449 g/mol. The van der Waals surface area contributed by atoms with Crippen molar-refractivity contribution in [1.82, 2.24) is 9.78 Å². The van der Waals surface area contributed by atoms with E-state index in [-0.39, 0.29) is 11.4 Å². The van der Waals surface area contributed by atoms with Crippen LogP contribution in [0.1, 0.15) is 16.1 Å². The zero-order chi connectivity index (χ0) is 22.1. The van der Waals surface area contributed by atoms with Gasteiger partial charge in [0.25, 0.3) is 5.91 Å². The maximum absolute atomic E-state index is 13.6. The Hall–Kier alpha value is -3.21. The Morgan fingerprint density at radius 2 is 1.70 bits per heavy atom. The average Bonchev–Trinajstić information content (AvgIpc) is 3.07. The van der Waals surface area contributed by atoms with Crippen LogP contribution in [-0.2, 0) is 6.18 Å². The molecule has 1 heterocycles. The molecule has 0 aliphatic carbocycles. The van der Waals surface area contributed by atoms with Crippen LogP contribution in [0.5, 0.6) is 5.75 Å². The summed E-state index contributed by atoms with van der Waals surface area (Å²) < 4.78 is 82.1. The number of benzene rings is 2. The standard InChI is InChI=1S/C18H10ClF6N3O2/c19-10-4-6-12(7-5-10)28-15(17(20,21)22)14(9-26-28)16(29)27-11-2-1-3-13(8-11)30-18(23,24)25/h1-9H,(H,27,29). The number of rotatable bonds is 4. The molecule has 0 saturated heterocycles. The van der Waals surface area contributed by atoms with Crippen LogP contribution in [0.15, 0.2) is 54.7 Å². The van der Waals surface area contributed by atoms with Crippen molar-refractivity contribution in [3.05, 3.63) is 71.0 Å². The van der Waals surface area contributed by atoms with Gasteiger partial charge in [-0.25, -0.2) is 4.68 Å². The first-order valence-electron chi connectivity index (χ1n) is 8.02. The highest BCUT2D eigenvalue weighted by molar-refractivity contribution is 6.30. The Morgan fingerprint density at radius 1 is 1.03 bits per heavy atom. The van der Waals surface area contributed by atoms with Gasteiger partial charge in [0.05, 0.1) is 17.4 Å². The summed E-state index contributed by atoms with van der Waals surface area (Å²) in [7, 11) is 0. The molecule has 0 saturated carbocycles. The van der Waals surface area contributed by atoms with Crippen molar-refractivity contribution in [2.75, 3.05) is 5.32 Å². The fraction of sp³-hybridized carbons (Fsp3) is 0.111. The zero-order valence-electron chi connectivity index (χ0n) is 14.6. The lowest BCUT2D eigenvalue weighted by atomic mass is 10.2. The van der Waals surface area contributed by atoms with Gasteiger partial charge in [0, 0.05) is 16.8 Å². The molecule has 30 heavy (non-hydrogen) atoms. The molecule has 158 valence electrons. The molecule has 1 amide bonds. The number of ether oxygens (including phenoxy) is 1. The van der Waals surface area contributed by atoms with E-state index in [1.54, 1.807) is 0 Å². The number of alkyl halides is 6. The molecule has 0 aliphatic heterocycles. The van der Waals surface area contributed by atoms with E-state index >= 15 is 0 Å². The van der Waals surface area contributed by atoms with E-state index in [0.29, 0.717) is 15.9 Å². The van der Waals surface area contributed by atoms with Crippen molar-refractivity contribution in [3.63, 3.8) is 0 Å². The largest absolute Gasteiger partial charge is 0.573 e. The number of carbonyl (C=O) groups excluding carboxylic acids is 1. The summed E-state index contributed by atoms with van der Waals surface area (Å²) in [5.74, 6) is -1.86. The van der Waals surface area contributed by atoms with Crippen LogP contribution in [0.3, 0.4) is 0 Å². The second-order valence-electron chi connectivity index (χ2n) is 5.82. The molecule has 0 aliphatic rings. The zero-order valence-corrected chi connectivity index (χ0v) is 15.3. The molecule has 0 unspecified atom stereocenters. The summed E-state index contributed by atoms with van der Waals surface area (Å²) in [4.78, 5) is 12.4. The summed E-state index contributed by atoms with van der Waals surface area (Å²) in [6.07, 6.45) is -9.21. The van der Waals surface area contributed by atoms with E-state index in [0.717, 1.165) is 18.2 Å². The topological polar surface area (TPSA) is 56.1 Å². The predicted molar refractivity (Wildman–Crippen MR) is 94.7 cm³/mol. The lowest BCUT2D eigenvalue weighted by Gasteiger charge is -2.13. The van der Waals surface area contributed by atoms with Crippen LogP contribution in [-0.4, -0.2) is 22.1 Å². The van der Waals surface area contributed by atoms with Crippen LogP contribution in [0.25, 0.3) is 5.69 Å². The first-order valence-corrected chi connectivity index (χ1v) is 8.40. The summed E-state index contributed by atoms with van der Waals surface area (Å²) in [5.41, 5.74) is -2.37. The van der Waals surface area contributed by atoms with E-state index < -0.39 is 35.5 Å². The third kappa shape index (κ3) is 5.03. The Bertz CT molecular complexity index is 1060. The molecule has 3 rings (SSSR count). The van der Waals surface area contributed by atoms with Crippen LogP contribution >= 0.6 is 11.6 Å². The second-order valence-corrected chi connectivity index (χ2v) is 6.26. The van der Waals surface area contributed by atoms with Gasteiger partial charge in [-0.1, -0.05) is 17.7 Å². The number of aromatic nitrogens is 2. The lowest BCUT2D eigenvalue weighted by molar-refractivity contribution is -0.274. The van der Waals surface area contributed by atoms with Gasteiger partial charge in [-0.15, -0.1) is 13.2 Å². The van der Waals surface area contributed by atoms with E-state index in [1.165, 1.54) is 30.3 Å². The normalized spacial score (nSPS) is 12.0.